The summed E-state index contributed by atoms with van der Waals surface area (Å²) in [6.45, 7) is 0. The van der Waals surface area contributed by atoms with Gasteiger partial charge in [0.15, 0.2) is 0 Å². The second-order valence-corrected chi connectivity index (χ2v) is 5.66. The van der Waals surface area contributed by atoms with Crippen LogP contribution < -0.4 is 10.6 Å². The summed E-state index contributed by atoms with van der Waals surface area (Å²) in [6.07, 6.45) is 0. The van der Waals surface area contributed by atoms with Crippen molar-refractivity contribution >= 4 is 44.8 Å². The lowest BCUT2D eigenvalue weighted by Gasteiger charge is -2.20. The Labute approximate surface area is 133 Å². The summed E-state index contributed by atoms with van der Waals surface area (Å²) in [5.74, 6) is -2.77. The molecule has 0 aliphatic heterocycles. The number of anilines is 2. The predicted octanol–water partition coefficient (Wildman–Crippen LogP) is 4.24. The van der Waals surface area contributed by atoms with Crippen molar-refractivity contribution in [1.29, 1.82) is 0 Å². The lowest BCUT2D eigenvalue weighted by molar-refractivity contribution is 0.0985. The van der Waals surface area contributed by atoms with E-state index in [1.54, 1.807) is 6.07 Å². The van der Waals surface area contributed by atoms with Gasteiger partial charge in [0, 0.05) is 16.5 Å². The number of benzene rings is 2. The van der Waals surface area contributed by atoms with E-state index in [1.165, 1.54) is 19.2 Å². The van der Waals surface area contributed by atoms with Crippen LogP contribution in [0.25, 0.3) is 0 Å². The van der Waals surface area contributed by atoms with Crippen LogP contribution >= 0.6 is 27.5 Å². The number of halogens is 4. The highest BCUT2D eigenvalue weighted by Gasteiger charge is 2.23. The van der Waals surface area contributed by atoms with Crippen molar-refractivity contribution in [2.24, 2.45) is 0 Å². The van der Waals surface area contributed by atoms with Crippen LogP contribution in [-0.4, -0.2) is 13.0 Å². The molecule has 2 aromatic rings. The molecule has 2 aromatic carbocycles. The summed E-state index contributed by atoms with van der Waals surface area (Å²) in [5.41, 5.74) is 5.65. The lowest BCUT2D eigenvalue weighted by Crippen LogP contribution is -2.29. The minimum Gasteiger partial charge on any atom is -0.397 e. The molecule has 0 atom stereocenters. The van der Waals surface area contributed by atoms with Gasteiger partial charge in [0.1, 0.15) is 17.2 Å². The Bertz CT molecular complexity index is 701. The first-order valence-corrected chi connectivity index (χ1v) is 6.96. The zero-order chi connectivity index (χ0) is 15.7. The monoisotopic (exact) mass is 374 g/mol. The summed E-state index contributed by atoms with van der Waals surface area (Å²) in [4.78, 5) is 13.3. The molecule has 0 spiro atoms. The third kappa shape index (κ3) is 3.16. The van der Waals surface area contributed by atoms with Crippen LogP contribution in [0.4, 0.5) is 20.2 Å². The molecule has 0 unspecified atom stereocenters. The zero-order valence-corrected chi connectivity index (χ0v) is 13.2. The molecule has 2 rings (SSSR count). The van der Waals surface area contributed by atoms with Crippen LogP contribution in [-0.2, 0) is 0 Å². The van der Waals surface area contributed by atoms with Gasteiger partial charge in [0.05, 0.1) is 11.4 Å². The molecule has 0 fully saturated rings. The molecule has 21 heavy (non-hydrogen) atoms. The Kier molecular flexibility index (Phi) is 4.49. The molecule has 2 N–H and O–H groups in total. The van der Waals surface area contributed by atoms with Gasteiger partial charge < -0.3 is 10.6 Å². The molecule has 1 amide bonds. The third-order valence-electron chi connectivity index (χ3n) is 2.88. The van der Waals surface area contributed by atoms with E-state index in [2.05, 4.69) is 15.9 Å². The molecule has 3 nitrogen and oxygen atoms in total. The first-order valence-electron chi connectivity index (χ1n) is 5.79. The van der Waals surface area contributed by atoms with Crippen molar-refractivity contribution in [3.05, 3.63) is 57.0 Å². The van der Waals surface area contributed by atoms with Gasteiger partial charge in [-0.25, -0.2) is 8.78 Å². The first kappa shape index (κ1) is 15.7. The molecule has 7 heteroatoms. The van der Waals surface area contributed by atoms with E-state index in [4.69, 9.17) is 17.3 Å². The fraction of sp³-hybridized carbons (Fsp3) is 0.0714. The van der Waals surface area contributed by atoms with Crippen LogP contribution in [0, 0.1) is 11.6 Å². The molecule has 0 heterocycles. The highest BCUT2D eigenvalue weighted by Crippen LogP contribution is 2.28. The maximum atomic E-state index is 13.8. The quantitative estimate of drug-likeness (QED) is 0.798. The Morgan fingerprint density at radius 2 is 1.81 bits per heavy atom. The van der Waals surface area contributed by atoms with Gasteiger partial charge in [-0.05, 0) is 30.3 Å². The molecule has 0 aliphatic carbocycles. The molecule has 0 aromatic heterocycles. The van der Waals surface area contributed by atoms with E-state index in [0.717, 1.165) is 17.0 Å². The van der Waals surface area contributed by atoms with Gasteiger partial charge in [0.2, 0.25) is 0 Å². The Morgan fingerprint density at radius 3 is 2.38 bits per heavy atom. The molecule has 0 radical (unpaired) electrons. The maximum absolute atomic E-state index is 13.8. The minimum atomic E-state index is -0.959. The van der Waals surface area contributed by atoms with Gasteiger partial charge in [-0.1, -0.05) is 27.5 Å². The van der Waals surface area contributed by atoms with Crippen LogP contribution in [0.3, 0.4) is 0 Å². The fourth-order valence-electron chi connectivity index (χ4n) is 1.83. The van der Waals surface area contributed by atoms with Crippen LogP contribution in [0.2, 0.25) is 5.02 Å². The van der Waals surface area contributed by atoms with Gasteiger partial charge >= 0.3 is 0 Å². The fourth-order valence-corrected chi connectivity index (χ4v) is 2.40. The van der Waals surface area contributed by atoms with E-state index in [-0.39, 0.29) is 15.8 Å². The van der Waals surface area contributed by atoms with Crippen molar-refractivity contribution in [3.63, 3.8) is 0 Å². The maximum Gasteiger partial charge on any atom is 0.264 e. The normalized spacial score (nSPS) is 10.5. The summed E-state index contributed by atoms with van der Waals surface area (Å²) in [5, 5.41) is 0.357. The number of nitrogens with two attached hydrogens (primary N) is 1. The van der Waals surface area contributed by atoms with Crippen molar-refractivity contribution < 1.29 is 13.6 Å². The average Bonchev–Trinajstić information content (AvgIpc) is 2.39. The topological polar surface area (TPSA) is 46.3 Å². The Hall–Kier alpha value is -1.66. The van der Waals surface area contributed by atoms with E-state index >= 15 is 0 Å². The number of rotatable bonds is 2. The SMILES string of the molecule is CN(C(=O)c1c(F)cc(Br)cc1F)c1cc(Cl)ccc1N. The molecule has 0 saturated heterocycles. The summed E-state index contributed by atoms with van der Waals surface area (Å²) < 4.78 is 27.9. The number of hydrogen-bond acceptors (Lipinski definition) is 2. The molecule has 0 aliphatic rings. The zero-order valence-electron chi connectivity index (χ0n) is 10.8. The highest BCUT2D eigenvalue weighted by atomic mass is 79.9. The summed E-state index contributed by atoms with van der Waals surface area (Å²) in [7, 11) is 1.37. The highest BCUT2D eigenvalue weighted by molar-refractivity contribution is 9.10. The van der Waals surface area contributed by atoms with Crippen molar-refractivity contribution in [2.75, 3.05) is 17.7 Å². The van der Waals surface area contributed by atoms with Gasteiger partial charge in [0.25, 0.3) is 5.91 Å². The minimum absolute atomic E-state index is 0.207. The van der Waals surface area contributed by atoms with Crippen LogP contribution in [0.1, 0.15) is 10.4 Å². The molecular weight excluding hydrogens is 366 g/mol. The average molecular weight is 376 g/mol. The largest absolute Gasteiger partial charge is 0.397 e. The number of hydrogen-bond donors (Lipinski definition) is 1. The number of nitrogen functional groups attached to an aromatic ring is 1. The number of nitrogens with zero attached hydrogens (tertiary/aromatic N) is 1. The van der Waals surface area contributed by atoms with Crippen molar-refractivity contribution in [2.45, 2.75) is 0 Å². The van der Waals surface area contributed by atoms with Crippen LogP contribution in [0.15, 0.2) is 34.8 Å². The van der Waals surface area contributed by atoms with E-state index in [9.17, 15) is 13.6 Å². The standard InChI is InChI=1S/C14H10BrClF2N2O/c1-20(12-6-8(16)2-3-11(12)19)14(21)13-9(17)4-7(15)5-10(13)18/h2-6H,19H2,1H3. The van der Waals surface area contributed by atoms with Crippen molar-refractivity contribution in [3.8, 4) is 0 Å². The number of amides is 1. The summed E-state index contributed by atoms with van der Waals surface area (Å²) in [6, 6.07) is 6.55. The predicted molar refractivity (Wildman–Crippen MR) is 82.7 cm³/mol. The number of carbonyl (C=O) groups is 1. The van der Waals surface area contributed by atoms with Gasteiger partial charge in [-0.15, -0.1) is 0 Å². The van der Waals surface area contributed by atoms with Crippen LogP contribution in [0.5, 0.6) is 0 Å². The molecule has 0 bridgehead atoms. The van der Waals surface area contributed by atoms with E-state index < -0.39 is 23.1 Å². The molecule has 0 saturated carbocycles. The lowest BCUT2D eigenvalue weighted by atomic mass is 10.1. The second kappa shape index (κ2) is 5.99. The number of carbonyl (C=O) groups excluding carboxylic acids is 1. The summed E-state index contributed by atoms with van der Waals surface area (Å²) >= 11 is 8.80. The van der Waals surface area contributed by atoms with Crippen molar-refractivity contribution in [1.82, 2.24) is 0 Å². The van der Waals surface area contributed by atoms with Gasteiger partial charge in [-0.2, -0.15) is 0 Å². The third-order valence-corrected chi connectivity index (χ3v) is 3.57. The van der Waals surface area contributed by atoms with E-state index in [1.807, 2.05) is 0 Å². The van der Waals surface area contributed by atoms with E-state index in [0.29, 0.717) is 5.02 Å². The first-order chi connectivity index (χ1) is 9.81. The molecular formula is C14H10BrClF2N2O. The Balaban J connectivity index is 2.47. The smallest absolute Gasteiger partial charge is 0.264 e. The Morgan fingerprint density at radius 1 is 1.24 bits per heavy atom. The second-order valence-electron chi connectivity index (χ2n) is 4.31. The molecule has 110 valence electrons. The van der Waals surface area contributed by atoms with Gasteiger partial charge in [-0.3, -0.25) is 4.79 Å².